The number of carbonyl (C=O) groups excluding carboxylic acids is 1. The van der Waals surface area contributed by atoms with Crippen molar-refractivity contribution in [2.45, 2.75) is 20.4 Å². The summed E-state index contributed by atoms with van der Waals surface area (Å²) in [6.07, 6.45) is 0. The smallest absolute Gasteiger partial charge is 0.291 e. The summed E-state index contributed by atoms with van der Waals surface area (Å²) in [5.41, 5.74) is 0.979. The van der Waals surface area contributed by atoms with Crippen LogP contribution in [-0.2, 0) is 6.54 Å². The molecule has 2 rings (SSSR count). The standard InChI is InChI=1S/C12H11ClN2O2S/c1-7-5-8(2)15(12(17)14-7)6-9(16)10-3-4-11(13)18-10/h3-5H,6H2,1-2H3. The Balaban J connectivity index is 2.30. The number of aromatic nitrogens is 2. The van der Waals surface area contributed by atoms with Crippen molar-refractivity contribution in [2.75, 3.05) is 0 Å². The number of rotatable bonds is 3. The second kappa shape index (κ2) is 5.04. The van der Waals surface area contributed by atoms with E-state index in [1.165, 1.54) is 15.9 Å². The van der Waals surface area contributed by atoms with Crippen molar-refractivity contribution >= 4 is 28.7 Å². The fraction of sp³-hybridized carbons (Fsp3) is 0.250. The molecule has 94 valence electrons. The second-order valence-corrected chi connectivity index (χ2v) is 5.65. The molecule has 0 aliphatic heterocycles. The summed E-state index contributed by atoms with van der Waals surface area (Å²) in [5.74, 6) is -0.136. The average Bonchev–Trinajstić information content (AvgIpc) is 2.70. The molecule has 6 heteroatoms. The van der Waals surface area contributed by atoms with Crippen LogP contribution in [0.5, 0.6) is 0 Å². The van der Waals surface area contributed by atoms with Gasteiger partial charge in [0, 0.05) is 11.4 Å². The van der Waals surface area contributed by atoms with Crippen molar-refractivity contribution in [2.24, 2.45) is 0 Å². The van der Waals surface area contributed by atoms with E-state index in [2.05, 4.69) is 4.98 Å². The van der Waals surface area contributed by atoms with E-state index in [-0.39, 0.29) is 12.3 Å². The van der Waals surface area contributed by atoms with Crippen LogP contribution in [0.25, 0.3) is 0 Å². The number of Topliss-reactive ketones (excluding diaryl/α,β-unsaturated/α-hetero) is 1. The lowest BCUT2D eigenvalue weighted by atomic mass is 10.3. The van der Waals surface area contributed by atoms with Crippen LogP contribution in [0, 0.1) is 13.8 Å². The third kappa shape index (κ3) is 2.68. The molecule has 4 nitrogen and oxygen atoms in total. The van der Waals surface area contributed by atoms with Crippen LogP contribution in [0.2, 0.25) is 4.34 Å². The van der Waals surface area contributed by atoms with E-state index in [1.54, 1.807) is 32.0 Å². The Labute approximate surface area is 113 Å². The third-order valence-electron chi connectivity index (χ3n) is 2.50. The van der Waals surface area contributed by atoms with E-state index in [4.69, 9.17) is 11.6 Å². The lowest BCUT2D eigenvalue weighted by Crippen LogP contribution is -2.28. The maximum atomic E-state index is 12.0. The molecule has 2 aromatic heterocycles. The summed E-state index contributed by atoms with van der Waals surface area (Å²) >= 11 is 6.99. The molecule has 0 aliphatic rings. The number of nitrogens with zero attached hydrogens (tertiary/aromatic N) is 2. The van der Waals surface area contributed by atoms with Gasteiger partial charge in [-0.05, 0) is 32.0 Å². The van der Waals surface area contributed by atoms with Gasteiger partial charge in [0.2, 0.25) is 0 Å². The minimum atomic E-state index is -0.400. The molecule has 0 saturated carbocycles. The van der Waals surface area contributed by atoms with Gasteiger partial charge in [0.05, 0.1) is 15.8 Å². The molecule has 0 spiro atoms. The molecular weight excluding hydrogens is 272 g/mol. The highest BCUT2D eigenvalue weighted by molar-refractivity contribution is 7.18. The number of halogens is 1. The van der Waals surface area contributed by atoms with Crippen molar-refractivity contribution in [1.82, 2.24) is 9.55 Å². The molecule has 2 heterocycles. The molecule has 0 radical (unpaired) electrons. The first-order chi connectivity index (χ1) is 8.47. The van der Waals surface area contributed by atoms with E-state index >= 15 is 0 Å². The van der Waals surface area contributed by atoms with Crippen molar-refractivity contribution in [3.8, 4) is 0 Å². The zero-order valence-corrected chi connectivity index (χ0v) is 11.5. The molecule has 0 N–H and O–H groups in total. The quantitative estimate of drug-likeness (QED) is 0.813. The largest absolute Gasteiger partial charge is 0.348 e. The predicted molar refractivity (Wildman–Crippen MR) is 71.6 cm³/mol. The maximum Gasteiger partial charge on any atom is 0.348 e. The summed E-state index contributed by atoms with van der Waals surface area (Å²) in [7, 11) is 0. The Bertz CT molecular complexity index is 660. The summed E-state index contributed by atoms with van der Waals surface area (Å²) in [4.78, 5) is 28.1. The highest BCUT2D eigenvalue weighted by Crippen LogP contribution is 2.22. The van der Waals surface area contributed by atoms with Gasteiger partial charge in [0.1, 0.15) is 0 Å². The Hall–Kier alpha value is -1.46. The Morgan fingerprint density at radius 3 is 2.72 bits per heavy atom. The van der Waals surface area contributed by atoms with E-state index < -0.39 is 5.69 Å². The summed E-state index contributed by atoms with van der Waals surface area (Å²) in [6, 6.07) is 5.11. The van der Waals surface area contributed by atoms with E-state index in [0.29, 0.717) is 14.9 Å². The molecule has 0 saturated heterocycles. The van der Waals surface area contributed by atoms with E-state index in [0.717, 1.165) is 5.69 Å². The Morgan fingerprint density at radius 1 is 1.44 bits per heavy atom. The number of hydrogen-bond acceptors (Lipinski definition) is 4. The van der Waals surface area contributed by atoms with Crippen molar-refractivity contribution in [3.05, 3.63) is 49.3 Å². The fourth-order valence-electron chi connectivity index (χ4n) is 1.65. The topological polar surface area (TPSA) is 52.0 Å². The first-order valence-electron chi connectivity index (χ1n) is 5.31. The van der Waals surface area contributed by atoms with Crippen LogP contribution in [-0.4, -0.2) is 15.3 Å². The van der Waals surface area contributed by atoms with Crippen LogP contribution in [0.15, 0.2) is 23.0 Å². The minimum Gasteiger partial charge on any atom is -0.291 e. The zero-order valence-electron chi connectivity index (χ0n) is 9.94. The molecule has 0 unspecified atom stereocenters. The number of aryl methyl sites for hydroxylation is 2. The number of hydrogen-bond donors (Lipinski definition) is 0. The number of ketones is 1. The Morgan fingerprint density at radius 2 is 2.17 bits per heavy atom. The molecule has 0 amide bonds. The lowest BCUT2D eigenvalue weighted by molar-refractivity contribution is 0.0973. The van der Waals surface area contributed by atoms with Gasteiger partial charge in [-0.15, -0.1) is 11.3 Å². The normalized spacial score (nSPS) is 10.6. The van der Waals surface area contributed by atoms with E-state index in [1.807, 2.05) is 0 Å². The second-order valence-electron chi connectivity index (χ2n) is 3.93. The summed E-state index contributed by atoms with van der Waals surface area (Å²) in [6.45, 7) is 3.53. The van der Waals surface area contributed by atoms with Crippen molar-refractivity contribution in [1.29, 1.82) is 0 Å². The molecule has 2 aromatic rings. The monoisotopic (exact) mass is 282 g/mol. The lowest BCUT2D eigenvalue weighted by Gasteiger charge is -2.07. The van der Waals surface area contributed by atoms with Gasteiger partial charge in [0.15, 0.2) is 5.78 Å². The maximum absolute atomic E-state index is 12.0. The first-order valence-corrected chi connectivity index (χ1v) is 6.50. The predicted octanol–water partition coefficient (Wildman–Crippen LogP) is 2.46. The van der Waals surface area contributed by atoms with Crippen LogP contribution in [0.4, 0.5) is 0 Å². The molecule has 0 aliphatic carbocycles. The van der Waals surface area contributed by atoms with Crippen molar-refractivity contribution in [3.63, 3.8) is 0 Å². The molecule has 0 bridgehead atoms. The van der Waals surface area contributed by atoms with Gasteiger partial charge in [-0.3, -0.25) is 9.36 Å². The van der Waals surface area contributed by atoms with Crippen LogP contribution in [0.3, 0.4) is 0 Å². The van der Waals surface area contributed by atoms with Gasteiger partial charge in [-0.2, -0.15) is 4.98 Å². The van der Waals surface area contributed by atoms with Gasteiger partial charge in [-0.1, -0.05) is 11.6 Å². The van der Waals surface area contributed by atoms with Crippen LogP contribution >= 0.6 is 22.9 Å². The van der Waals surface area contributed by atoms with Crippen LogP contribution < -0.4 is 5.69 Å². The van der Waals surface area contributed by atoms with Gasteiger partial charge >= 0.3 is 5.69 Å². The summed E-state index contributed by atoms with van der Waals surface area (Å²) in [5, 5.41) is 0. The van der Waals surface area contributed by atoms with Gasteiger partial charge < -0.3 is 0 Å². The van der Waals surface area contributed by atoms with Crippen molar-refractivity contribution < 1.29 is 4.79 Å². The fourth-order valence-corrected chi connectivity index (χ4v) is 2.63. The van der Waals surface area contributed by atoms with Gasteiger partial charge in [-0.25, -0.2) is 4.79 Å². The van der Waals surface area contributed by atoms with Crippen LogP contribution in [0.1, 0.15) is 21.1 Å². The highest BCUT2D eigenvalue weighted by atomic mass is 35.5. The SMILES string of the molecule is Cc1cc(C)n(CC(=O)c2ccc(Cl)s2)c(=O)n1. The first kappa shape index (κ1) is 13.0. The molecule has 0 aromatic carbocycles. The van der Waals surface area contributed by atoms with E-state index in [9.17, 15) is 9.59 Å². The molecule has 0 atom stereocenters. The number of carbonyl (C=O) groups is 1. The minimum absolute atomic E-state index is 0.00517. The van der Waals surface area contributed by atoms with Gasteiger partial charge in [0.25, 0.3) is 0 Å². The average molecular weight is 283 g/mol. The molecule has 0 fully saturated rings. The highest BCUT2D eigenvalue weighted by Gasteiger charge is 2.12. The molecular formula is C12H11ClN2O2S. The third-order valence-corrected chi connectivity index (χ3v) is 3.77. The Kier molecular flexibility index (Phi) is 3.63. The number of thiophene rings is 1. The summed E-state index contributed by atoms with van der Waals surface area (Å²) < 4.78 is 1.92. The molecule has 18 heavy (non-hydrogen) atoms. The zero-order chi connectivity index (χ0) is 13.3.